The number of rotatable bonds is 5. The van der Waals surface area contributed by atoms with Crippen molar-refractivity contribution >= 4 is 0 Å². The summed E-state index contributed by atoms with van der Waals surface area (Å²) < 4.78 is 21.6. The standard InChI is InChI=1S/C16H12N4O5/c1-22-11-6-4-10(5-7-11)14-17-13(25-19-14)9-20-16(21)24-15(18-20)12-3-2-8-23-12/h2-8H,9H2,1H3. The van der Waals surface area contributed by atoms with Crippen molar-refractivity contribution in [3.63, 3.8) is 0 Å². The second-order valence-corrected chi connectivity index (χ2v) is 5.05. The molecule has 0 radical (unpaired) electrons. The van der Waals surface area contributed by atoms with E-state index < -0.39 is 5.76 Å². The maximum absolute atomic E-state index is 11.9. The molecule has 0 spiro atoms. The summed E-state index contributed by atoms with van der Waals surface area (Å²) in [6.07, 6.45) is 1.47. The second kappa shape index (κ2) is 6.11. The molecular weight excluding hydrogens is 328 g/mol. The fourth-order valence-electron chi connectivity index (χ4n) is 2.21. The molecule has 0 aliphatic carbocycles. The Morgan fingerprint density at radius 3 is 2.76 bits per heavy atom. The highest BCUT2D eigenvalue weighted by Crippen LogP contribution is 2.20. The Labute approximate surface area is 140 Å². The molecule has 0 saturated heterocycles. The monoisotopic (exact) mass is 340 g/mol. The minimum atomic E-state index is -0.643. The van der Waals surface area contributed by atoms with Gasteiger partial charge in [0.15, 0.2) is 5.76 Å². The number of methoxy groups -OCH3 is 1. The number of nitrogens with zero attached hydrogens (tertiary/aromatic N) is 4. The Bertz CT molecular complexity index is 1030. The Morgan fingerprint density at radius 1 is 1.20 bits per heavy atom. The van der Waals surface area contributed by atoms with Crippen molar-refractivity contribution in [1.82, 2.24) is 19.9 Å². The maximum atomic E-state index is 11.9. The van der Waals surface area contributed by atoms with E-state index in [2.05, 4.69) is 15.2 Å². The molecule has 0 N–H and O–H groups in total. The third-order valence-corrected chi connectivity index (χ3v) is 3.44. The van der Waals surface area contributed by atoms with Gasteiger partial charge in [-0.15, -0.1) is 5.10 Å². The first-order valence-corrected chi connectivity index (χ1v) is 7.32. The first-order chi connectivity index (χ1) is 12.2. The topological polar surface area (TPSA) is 109 Å². The van der Waals surface area contributed by atoms with Crippen LogP contribution in [-0.2, 0) is 6.54 Å². The Morgan fingerprint density at radius 2 is 2.04 bits per heavy atom. The lowest BCUT2D eigenvalue weighted by atomic mass is 10.2. The molecule has 1 aromatic carbocycles. The van der Waals surface area contributed by atoms with Crippen LogP contribution in [0.5, 0.6) is 5.75 Å². The first-order valence-electron chi connectivity index (χ1n) is 7.32. The van der Waals surface area contributed by atoms with Gasteiger partial charge in [-0.2, -0.15) is 9.67 Å². The number of ether oxygens (including phenoxy) is 1. The van der Waals surface area contributed by atoms with Gasteiger partial charge >= 0.3 is 5.76 Å². The highest BCUT2D eigenvalue weighted by Gasteiger charge is 2.16. The van der Waals surface area contributed by atoms with Crippen molar-refractivity contribution < 1.29 is 18.1 Å². The zero-order valence-electron chi connectivity index (χ0n) is 13.1. The minimum absolute atomic E-state index is 0.00774. The van der Waals surface area contributed by atoms with Crippen molar-refractivity contribution in [3.8, 4) is 28.8 Å². The minimum Gasteiger partial charge on any atom is -0.497 e. The van der Waals surface area contributed by atoms with Crippen LogP contribution < -0.4 is 10.5 Å². The molecule has 0 saturated carbocycles. The van der Waals surface area contributed by atoms with Gasteiger partial charge in [-0.25, -0.2) is 4.79 Å². The largest absolute Gasteiger partial charge is 0.497 e. The Hall–Kier alpha value is -3.62. The smallest absolute Gasteiger partial charge is 0.437 e. The molecule has 0 fully saturated rings. The molecule has 3 heterocycles. The SMILES string of the molecule is COc1ccc(-c2noc(Cn3nc(-c4ccco4)oc3=O)n2)cc1. The Kier molecular flexibility index (Phi) is 3.65. The van der Waals surface area contributed by atoms with Crippen LogP contribution in [0.25, 0.3) is 23.0 Å². The third-order valence-electron chi connectivity index (χ3n) is 3.44. The fraction of sp³-hybridized carbons (Fsp3) is 0.125. The van der Waals surface area contributed by atoms with Crippen LogP contribution >= 0.6 is 0 Å². The lowest BCUT2D eigenvalue weighted by Crippen LogP contribution is -2.16. The highest BCUT2D eigenvalue weighted by atomic mass is 16.5. The summed E-state index contributed by atoms with van der Waals surface area (Å²) in [6, 6.07) is 10.5. The van der Waals surface area contributed by atoms with E-state index in [4.69, 9.17) is 18.1 Å². The van der Waals surface area contributed by atoms with Crippen molar-refractivity contribution in [3.05, 3.63) is 59.1 Å². The molecule has 0 aliphatic rings. The molecule has 3 aromatic heterocycles. The molecule has 4 rings (SSSR count). The van der Waals surface area contributed by atoms with E-state index in [1.807, 2.05) is 12.1 Å². The van der Waals surface area contributed by atoms with Gasteiger partial charge in [-0.05, 0) is 36.4 Å². The van der Waals surface area contributed by atoms with Crippen LogP contribution in [0, 0.1) is 0 Å². The summed E-state index contributed by atoms with van der Waals surface area (Å²) >= 11 is 0. The van der Waals surface area contributed by atoms with E-state index in [1.54, 1.807) is 31.4 Å². The van der Waals surface area contributed by atoms with E-state index in [0.29, 0.717) is 11.6 Å². The molecular formula is C16H12N4O5. The summed E-state index contributed by atoms with van der Waals surface area (Å²) in [7, 11) is 1.59. The molecule has 4 aromatic rings. The second-order valence-electron chi connectivity index (χ2n) is 5.05. The predicted octanol–water partition coefficient (Wildman–Crippen LogP) is 2.20. The number of benzene rings is 1. The molecule has 0 aliphatic heterocycles. The zero-order chi connectivity index (χ0) is 17.2. The van der Waals surface area contributed by atoms with Gasteiger partial charge in [0.1, 0.15) is 12.3 Å². The predicted molar refractivity (Wildman–Crippen MR) is 83.9 cm³/mol. The molecule has 0 bridgehead atoms. The average Bonchev–Trinajstić information content (AvgIpc) is 3.37. The molecule has 9 nitrogen and oxygen atoms in total. The van der Waals surface area contributed by atoms with Gasteiger partial charge in [0, 0.05) is 5.56 Å². The quantitative estimate of drug-likeness (QED) is 0.544. The first kappa shape index (κ1) is 14.9. The number of hydrogen-bond acceptors (Lipinski definition) is 8. The summed E-state index contributed by atoms with van der Waals surface area (Å²) in [4.78, 5) is 16.1. The lowest BCUT2D eigenvalue weighted by Gasteiger charge is -1.98. The van der Waals surface area contributed by atoms with Crippen molar-refractivity contribution in [2.24, 2.45) is 0 Å². The van der Waals surface area contributed by atoms with Crippen LogP contribution in [0.2, 0.25) is 0 Å². The van der Waals surface area contributed by atoms with E-state index in [9.17, 15) is 4.79 Å². The van der Waals surface area contributed by atoms with Gasteiger partial charge in [0.25, 0.3) is 5.89 Å². The van der Waals surface area contributed by atoms with Gasteiger partial charge in [-0.3, -0.25) is 0 Å². The lowest BCUT2D eigenvalue weighted by molar-refractivity contribution is 0.360. The zero-order valence-corrected chi connectivity index (χ0v) is 13.1. The van der Waals surface area contributed by atoms with Crippen LogP contribution in [0.15, 0.2) is 60.8 Å². The van der Waals surface area contributed by atoms with Gasteiger partial charge < -0.3 is 18.1 Å². The molecule has 0 unspecified atom stereocenters. The van der Waals surface area contributed by atoms with Gasteiger partial charge in [0.05, 0.1) is 13.4 Å². The number of furan rings is 1. The van der Waals surface area contributed by atoms with E-state index in [1.165, 1.54) is 6.26 Å². The van der Waals surface area contributed by atoms with Crippen LogP contribution in [0.1, 0.15) is 5.89 Å². The van der Waals surface area contributed by atoms with Crippen molar-refractivity contribution in [1.29, 1.82) is 0 Å². The Balaban J connectivity index is 1.56. The molecule has 25 heavy (non-hydrogen) atoms. The normalized spacial score (nSPS) is 10.9. The molecule has 0 atom stereocenters. The molecule has 0 amide bonds. The summed E-state index contributed by atoms with van der Waals surface area (Å²) in [6.45, 7) is -0.00774. The maximum Gasteiger partial charge on any atom is 0.437 e. The van der Waals surface area contributed by atoms with Crippen molar-refractivity contribution in [2.75, 3.05) is 7.11 Å². The number of aromatic nitrogens is 4. The van der Waals surface area contributed by atoms with Gasteiger partial charge in [-0.1, -0.05) is 5.16 Å². The number of hydrogen-bond donors (Lipinski definition) is 0. The molecule has 9 heteroatoms. The fourth-order valence-corrected chi connectivity index (χ4v) is 2.21. The molecule has 126 valence electrons. The van der Waals surface area contributed by atoms with Crippen LogP contribution in [-0.4, -0.2) is 27.0 Å². The van der Waals surface area contributed by atoms with E-state index in [-0.39, 0.29) is 18.3 Å². The third kappa shape index (κ3) is 2.94. The summed E-state index contributed by atoms with van der Waals surface area (Å²) in [5.41, 5.74) is 0.763. The van der Waals surface area contributed by atoms with Gasteiger partial charge in [0.2, 0.25) is 11.7 Å². The summed E-state index contributed by atoms with van der Waals surface area (Å²) in [5, 5.41) is 7.96. The average molecular weight is 340 g/mol. The van der Waals surface area contributed by atoms with Crippen molar-refractivity contribution in [2.45, 2.75) is 6.54 Å². The van der Waals surface area contributed by atoms with Crippen LogP contribution in [0.4, 0.5) is 0 Å². The van der Waals surface area contributed by atoms with E-state index >= 15 is 0 Å². The van der Waals surface area contributed by atoms with Crippen LogP contribution in [0.3, 0.4) is 0 Å². The highest BCUT2D eigenvalue weighted by molar-refractivity contribution is 5.55. The summed E-state index contributed by atoms with van der Waals surface area (Å²) in [5.74, 6) is 1.17. The van der Waals surface area contributed by atoms with E-state index in [0.717, 1.165) is 16.0 Å².